The van der Waals surface area contributed by atoms with Gasteiger partial charge in [-0.1, -0.05) is 12.1 Å². The minimum Gasteiger partial charge on any atom is -0.508 e. The molecule has 1 aliphatic heterocycles. The van der Waals surface area contributed by atoms with Crippen molar-refractivity contribution in [3.05, 3.63) is 53.7 Å². The average molecular weight is 850 g/mol. The number of aliphatic imine (C=N–C) groups is 1. The molecule has 0 bridgehead atoms. The van der Waals surface area contributed by atoms with Crippen LogP contribution in [0.25, 0.3) is 0 Å². The van der Waals surface area contributed by atoms with Crippen LogP contribution >= 0.6 is 0 Å². The predicted molar refractivity (Wildman–Crippen MR) is 189 cm³/mol. The molecule has 2 heterocycles. The summed E-state index contributed by atoms with van der Waals surface area (Å²) in [5.41, 5.74) is 11.6. The molecule has 3 rings (SSSR count). The van der Waals surface area contributed by atoms with Crippen molar-refractivity contribution in [1.29, 1.82) is 0 Å². The zero-order valence-electron chi connectivity index (χ0n) is 29.5. The van der Waals surface area contributed by atoms with E-state index in [4.69, 9.17) is 11.5 Å². The molecular weight excluding hydrogens is 806 g/mol. The fraction of sp³-hybridized carbons (Fsp3) is 0.424. The first-order valence-corrected chi connectivity index (χ1v) is 17.9. The number of hydrogen-bond acceptors (Lipinski definition) is 11. The van der Waals surface area contributed by atoms with Gasteiger partial charge in [-0.05, 0) is 30.5 Å². The van der Waals surface area contributed by atoms with Crippen LogP contribution in [0.5, 0.6) is 5.75 Å². The second kappa shape index (κ2) is 22.2. The molecule has 1 aromatic heterocycles. The number of pyridine rings is 1. The van der Waals surface area contributed by atoms with Gasteiger partial charge in [-0.3, -0.25) is 33.8 Å². The number of rotatable bonds is 15. The van der Waals surface area contributed by atoms with Crippen molar-refractivity contribution in [3.8, 4) is 5.75 Å². The zero-order valence-corrected chi connectivity index (χ0v) is 31.4. The number of phenols is 1. The predicted octanol–water partition coefficient (Wildman–Crippen LogP) is -2.59. The number of nitrogens with two attached hydrogens (primary N) is 2. The van der Waals surface area contributed by atoms with Crippen LogP contribution in [-0.4, -0.2) is 106 Å². The molecule has 1 aromatic carbocycles. The summed E-state index contributed by atoms with van der Waals surface area (Å²) in [6, 6.07) is 3.28. The molecule has 1 aliphatic rings. The Bertz CT molecular complexity index is 1780. The van der Waals surface area contributed by atoms with Crippen LogP contribution in [0, 0.1) is 0 Å². The van der Waals surface area contributed by atoms with E-state index in [2.05, 4.69) is 50.4 Å². The monoisotopic (exact) mass is 848 g/mol. The summed E-state index contributed by atoms with van der Waals surface area (Å²) in [6.07, 6.45) is 1.27. The van der Waals surface area contributed by atoms with Crippen molar-refractivity contribution in [1.82, 2.24) is 40.3 Å². The summed E-state index contributed by atoms with van der Waals surface area (Å²) in [5.74, 6) is -6.02. The number of hydrogen-bond donors (Lipinski definition) is 10. The first-order chi connectivity index (χ1) is 26.2. The van der Waals surface area contributed by atoms with Crippen LogP contribution in [0.2, 0.25) is 0 Å². The Labute approximate surface area is 325 Å². The molecule has 2 aromatic rings. The molecule has 1 fully saturated rings. The molecule has 21 nitrogen and oxygen atoms in total. The van der Waals surface area contributed by atoms with Gasteiger partial charge in [0.2, 0.25) is 29.5 Å². The van der Waals surface area contributed by atoms with Crippen molar-refractivity contribution in [2.45, 2.75) is 69.1 Å². The van der Waals surface area contributed by atoms with Gasteiger partial charge in [-0.15, -0.1) is 0 Å². The van der Waals surface area contributed by atoms with Crippen molar-refractivity contribution in [2.24, 2.45) is 21.6 Å². The maximum Gasteiger partial charge on any atom is 0.305 e. The standard InChI is InChI=1S/C33H43N12O9.Tc/c34-33(35)38-13-3-5-21-29(51)40-17-26(47)41-24(15-27(48)49)32(54)44-23(14-18-6-9-20(46)10-7-18)31(53)43-22(30(52)42-21)4-1-2-12-37-28(50)19-8-11-25(45-36)39-16-19;/h6-11,16,21-24,46H,1-5,12-15,17H2,(H,37,50)(H,40,51)(H,41,47)(H,42,52)(H,43,53)(H,44,54)(H,48,49)(H4,34,35,38);/q-1;+2/t21-,22-,23+,24-;/m0./s1. The first-order valence-electron chi connectivity index (χ1n) is 17.0. The number of carboxylic acid groups (broad SMARTS) is 1. The van der Waals surface area contributed by atoms with E-state index in [9.17, 15) is 43.8 Å². The second-order valence-corrected chi connectivity index (χ2v) is 12.6. The summed E-state index contributed by atoms with van der Waals surface area (Å²) < 4.78 is 3.60. The number of carbonyl (C=O) groups is 7. The largest absolute Gasteiger partial charge is 0.508 e. The molecule has 295 valence electrons. The molecular formula is C33H43N12O9Tc+. The van der Waals surface area contributed by atoms with E-state index in [0.717, 1.165) is 0 Å². The minimum atomic E-state index is -1.64. The number of nitrogens with one attached hydrogen (secondary N) is 6. The summed E-state index contributed by atoms with van der Waals surface area (Å²) in [5, 5.41) is 38.1. The number of aliphatic carboxylic acids is 1. The smallest absolute Gasteiger partial charge is 0.305 e. The quantitative estimate of drug-likeness (QED) is 0.0290. The van der Waals surface area contributed by atoms with Gasteiger partial charge in [-0.25, -0.2) is 0 Å². The Kier molecular flexibility index (Phi) is 17.5. The van der Waals surface area contributed by atoms with Gasteiger partial charge < -0.3 is 48.3 Å². The first kappa shape index (κ1) is 43.3. The van der Waals surface area contributed by atoms with Crippen LogP contribution in [0.15, 0.2) is 52.7 Å². The number of aromatic hydroxyl groups is 1. The number of benzene rings is 1. The van der Waals surface area contributed by atoms with Gasteiger partial charge in [0.1, 0.15) is 29.9 Å². The third kappa shape index (κ3) is 15.4. The summed E-state index contributed by atoms with van der Waals surface area (Å²) >= 11 is 1.70. The molecule has 0 radical (unpaired) electrons. The van der Waals surface area contributed by atoms with E-state index in [1.165, 1.54) is 42.6 Å². The number of carbonyl (C=O) groups excluding carboxylic acids is 6. The van der Waals surface area contributed by atoms with Gasteiger partial charge in [0.25, 0.3) is 0 Å². The maximum absolute atomic E-state index is 13.9. The number of phenolic OH excluding ortho intramolecular Hbond substituents is 1. The number of aromatic nitrogens is 1. The van der Waals surface area contributed by atoms with Crippen LogP contribution in [0.4, 0.5) is 5.82 Å². The fourth-order valence-electron chi connectivity index (χ4n) is 5.25. The van der Waals surface area contributed by atoms with Crippen LogP contribution < -0.4 is 46.8 Å². The molecule has 12 N–H and O–H groups in total. The van der Waals surface area contributed by atoms with Crippen molar-refractivity contribution >= 4 is 53.2 Å². The molecule has 0 spiro atoms. The number of guanidine groups is 1. The minimum absolute atomic E-state index is 0.0185. The van der Waals surface area contributed by atoms with E-state index in [1.807, 2.05) is 0 Å². The van der Waals surface area contributed by atoms with Gasteiger partial charge in [0, 0.05) is 13.0 Å². The van der Waals surface area contributed by atoms with Gasteiger partial charge in [0.15, 0.2) is 5.96 Å². The van der Waals surface area contributed by atoms with Crippen LogP contribution in [0.1, 0.15) is 54.4 Å². The molecule has 0 unspecified atom stereocenters. The van der Waals surface area contributed by atoms with Crippen molar-refractivity contribution < 1.29 is 62.5 Å². The average Bonchev–Trinajstić information content (AvgIpc) is 3.14. The Hall–Kier alpha value is -6.11. The molecule has 0 aliphatic carbocycles. The summed E-state index contributed by atoms with van der Waals surface area (Å²) in [7, 11) is 0. The SMILES string of the molecule is NC(N)=NCCC[C@@H]1NC(=O)[C@H](CCCCNC(=O)c2ccc(N=[N+]=[Tc])nc2)NC(=O)[C@@H](Cc2ccc(O)cc2)NC(=O)[C@H](CC(=O)O)NC(=O)CNC1=O. The molecule has 55 heavy (non-hydrogen) atoms. The van der Waals surface area contributed by atoms with Gasteiger partial charge in [-0.2, -0.15) is 0 Å². The number of unbranched alkanes of at least 4 members (excludes halogenated alkanes) is 1. The third-order valence-electron chi connectivity index (χ3n) is 8.03. The van der Waals surface area contributed by atoms with Gasteiger partial charge in [0.05, 0.1) is 13.0 Å². The maximum atomic E-state index is 13.9. The van der Waals surface area contributed by atoms with E-state index in [1.54, 1.807) is 18.7 Å². The summed E-state index contributed by atoms with van der Waals surface area (Å²) in [4.78, 5) is 99.3. The van der Waals surface area contributed by atoms with E-state index in [0.29, 0.717) is 24.2 Å². The Morgan fingerprint density at radius 3 is 2.13 bits per heavy atom. The van der Waals surface area contributed by atoms with E-state index in [-0.39, 0.29) is 56.0 Å². The van der Waals surface area contributed by atoms with Crippen LogP contribution in [0.3, 0.4) is 0 Å². The van der Waals surface area contributed by atoms with Gasteiger partial charge >= 0.3 is 110 Å². The molecule has 0 saturated carbocycles. The van der Waals surface area contributed by atoms with Crippen molar-refractivity contribution in [3.63, 3.8) is 0 Å². The Morgan fingerprint density at radius 2 is 1.49 bits per heavy atom. The molecule has 1 saturated heterocycles. The Balaban J connectivity index is 1.87. The number of amides is 6. The number of nitrogens with zero attached hydrogens (tertiary/aromatic N) is 4. The zero-order chi connectivity index (χ0) is 40.3. The van der Waals surface area contributed by atoms with E-state index < -0.39 is 78.5 Å². The molecule has 6 amide bonds. The van der Waals surface area contributed by atoms with Crippen LogP contribution in [-0.2, 0) is 53.9 Å². The summed E-state index contributed by atoms with van der Waals surface area (Å²) in [6.45, 7) is -0.366. The topological polar surface area (TPSA) is 336 Å². The third-order valence-corrected chi connectivity index (χ3v) is 8.22. The second-order valence-electron chi connectivity index (χ2n) is 12.3. The molecule has 4 atom stereocenters. The number of carboxylic acids is 1. The fourth-order valence-corrected chi connectivity index (χ4v) is 5.44. The Morgan fingerprint density at radius 1 is 0.855 bits per heavy atom. The van der Waals surface area contributed by atoms with E-state index >= 15 is 0 Å². The normalized spacial score (nSPS) is 19.4. The van der Waals surface area contributed by atoms with Crippen molar-refractivity contribution in [2.75, 3.05) is 19.6 Å². The molecule has 22 heteroatoms.